The molecule has 4 N–H and O–H groups in total. The van der Waals surface area contributed by atoms with E-state index in [1.807, 2.05) is 16.7 Å². The number of imidazole rings is 1. The van der Waals surface area contributed by atoms with Crippen molar-refractivity contribution < 1.29 is 9.90 Å². The van der Waals surface area contributed by atoms with Crippen LogP contribution in [-0.4, -0.2) is 42.7 Å². The van der Waals surface area contributed by atoms with Crippen molar-refractivity contribution in [2.24, 2.45) is 11.8 Å². The molecule has 3 aromatic heterocycles. The van der Waals surface area contributed by atoms with Crippen LogP contribution >= 0.6 is 0 Å². The van der Waals surface area contributed by atoms with Crippen LogP contribution < -0.4 is 21.7 Å². The number of pyridine rings is 2. The number of aliphatic hydroxyl groups is 1. The maximum absolute atomic E-state index is 13.4. The van der Waals surface area contributed by atoms with Gasteiger partial charge in [-0.3, -0.25) is 15.0 Å². The van der Waals surface area contributed by atoms with Crippen LogP contribution in [0.4, 0.5) is 0 Å². The zero-order valence-electron chi connectivity index (χ0n) is 20.3. The number of hydrogen-bond donors (Lipinski definition) is 4. The van der Waals surface area contributed by atoms with Crippen molar-refractivity contribution >= 4 is 11.6 Å². The minimum atomic E-state index is -0.991. The summed E-state index contributed by atoms with van der Waals surface area (Å²) in [4.78, 5) is 29.8. The summed E-state index contributed by atoms with van der Waals surface area (Å²) in [5.74, 6) is 0.373. The first-order valence-corrected chi connectivity index (χ1v) is 13.1. The van der Waals surface area contributed by atoms with Gasteiger partial charge in [-0.25, -0.2) is 10.4 Å². The van der Waals surface area contributed by atoms with Crippen molar-refractivity contribution in [3.63, 3.8) is 0 Å². The van der Waals surface area contributed by atoms with Gasteiger partial charge in [0, 0.05) is 48.9 Å². The molecule has 1 saturated heterocycles. The van der Waals surface area contributed by atoms with E-state index in [-0.39, 0.29) is 36.0 Å². The number of carbonyl (C=O) groups is 1. The van der Waals surface area contributed by atoms with Gasteiger partial charge in [-0.1, -0.05) is 12.1 Å². The van der Waals surface area contributed by atoms with Crippen LogP contribution in [-0.2, 0) is 11.3 Å². The number of hydrazine groups is 1. The molecular weight excluding hydrogens is 456 g/mol. The molecule has 3 aliphatic rings. The Morgan fingerprint density at radius 2 is 2.08 bits per heavy atom. The number of rotatable bonds is 5. The average molecular weight is 491 g/mol. The lowest BCUT2D eigenvalue weighted by atomic mass is 9.74. The summed E-state index contributed by atoms with van der Waals surface area (Å²) in [7, 11) is 0. The van der Waals surface area contributed by atoms with Crippen molar-refractivity contribution in [1.29, 1.82) is 0 Å². The number of nitrogens with one attached hydrogen (secondary N) is 3. The lowest BCUT2D eigenvalue weighted by Gasteiger charge is -2.39. The molecule has 9 heteroatoms. The fraction of sp³-hybridized carbons (Fsp3) is 0.519. The first-order chi connectivity index (χ1) is 17.5. The highest BCUT2D eigenvalue weighted by molar-refractivity contribution is 5.79. The largest absolute Gasteiger partial charge is 0.388 e. The second-order valence-corrected chi connectivity index (χ2v) is 10.9. The summed E-state index contributed by atoms with van der Waals surface area (Å²) in [6, 6.07) is 9.58. The molecule has 6 atom stereocenters. The molecule has 2 aliphatic carbocycles. The Morgan fingerprint density at radius 3 is 2.97 bits per heavy atom. The van der Waals surface area contributed by atoms with Gasteiger partial charge < -0.3 is 19.4 Å². The van der Waals surface area contributed by atoms with E-state index >= 15 is 0 Å². The van der Waals surface area contributed by atoms with Gasteiger partial charge in [-0.15, -0.1) is 0 Å². The van der Waals surface area contributed by atoms with E-state index < -0.39 is 5.60 Å². The predicted molar refractivity (Wildman–Crippen MR) is 135 cm³/mol. The summed E-state index contributed by atoms with van der Waals surface area (Å²) in [5, 5.41) is 14.5. The number of nitrogens with zero attached hydrogens (tertiary/aromatic N) is 3. The van der Waals surface area contributed by atoms with Gasteiger partial charge in [0.05, 0.1) is 18.2 Å². The Morgan fingerprint density at radius 1 is 1.17 bits per heavy atom. The fourth-order valence-electron chi connectivity index (χ4n) is 6.58. The van der Waals surface area contributed by atoms with E-state index in [2.05, 4.69) is 33.4 Å². The van der Waals surface area contributed by atoms with E-state index in [1.54, 1.807) is 29.1 Å². The number of carbonyl (C=O) groups excluding carboxylic acids is 1. The quantitative estimate of drug-likeness (QED) is 0.435. The Balaban J connectivity index is 1.10. The van der Waals surface area contributed by atoms with Crippen LogP contribution in [0.3, 0.4) is 0 Å². The second-order valence-electron chi connectivity index (χ2n) is 10.9. The Hall–Kier alpha value is -3.01. The lowest BCUT2D eigenvalue weighted by Crippen LogP contribution is -2.50. The normalized spacial score (nSPS) is 32.3. The summed E-state index contributed by atoms with van der Waals surface area (Å²) < 4.78 is 3.60. The Bertz CT molecular complexity index is 1300. The maximum Gasteiger partial charge on any atom is 0.250 e. The van der Waals surface area contributed by atoms with Gasteiger partial charge in [0.2, 0.25) is 5.91 Å². The van der Waals surface area contributed by atoms with E-state index in [4.69, 9.17) is 0 Å². The minimum absolute atomic E-state index is 0.0424. The number of amides is 1. The predicted octanol–water partition coefficient (Wildman–Crippen LogP) is 1.92. The smallest absolute Gasteiger partial charge is 0.250 e. The third-order valence-electron chi connectivity index (χ3n) is 8.42. The van der Waals surface area contributed by atoms with Crippen LogP contribution in [0.5, 0.6) is 0 Å². The molecule has 4 unspecified atom stereocenters. The molecule has 1 aliphatic heterocycles. The molecule has 0 bridgehead atoms. The maximum atomic E-state index is 13.4. The van der Waals surface area contributed by atoms with Gasteiger partial charge in [0.1, 0.15) is 5.65 Å². The van der Waals surface area contributed by atoms with Crippen molar-refractivity contribution in [3.05, 3.63) is 71.0 Å². The van der Waals surface area contributed by atoms with Gasteiger partial charge in [0.15, 0.2) is 0 Å². The van der Waals surface area contributed by atoms with Crippen molar-refractivity contribution in [1.82, 2.24) is 30.1 Å². The monoisotopic (exact) mass is 490 g/mol. The third-order valence-corrected chi connectivity index (χ3v) is 8.42. The highest BCUT2D eigenvalue weighted by atomic mass is 16.3. The molecule has 0 radical (unpaired) electrons. The number of fused-ring (bicyclic) bond motifs is 2. The number of hydrogen-bond acceptors (Lipinski definition) is 6. The molecule has 0 spiro atoms. The Kier molecular flexibility index (Phi) is 6.15. The van der Waals surface area contributed by atoms with Gasteiger partial charge in [-0.2, -0.15) is 0 Å². The standard InChI is InChI=1S/C27H34N6O3/c34-24-5-1-2-12-33(24)17-27(36)10-3-4-20(15-27)29-26(35)18-6-8-22-21(14-18)25(31-30-22)19-7-9-23-28-11-13-32(23)16-19/h1-2,5,7,9,11-13,16,18,20-22,25,30-31,36H,3-4,6,8,10,14-15,17H2,(H,29,35)/t18?,20-,21?,22?,25?,27-/m1/s1. The minimum Gasteiger partial charge on any atom is -0.388 e. The summed E-state index contributed by atoms with van der Waals surface area (Å²) in [6.45, 7) is 0.256. The number of aromatic nitrogens is 3. The molecule has 6 rings (SSSR count). The lowest BCUT2D eigenvalue weighted by molar-refractivity contribution is -0.128. The SMILES string of the molecule is O=C(N[C@@H]1CCC[C@](O)(Cn2ccccc2=O)C1)C1CCC2NNC(c3ccc4nccn4c3)C2C1. The fourth-order valence-corrected chi connectivity index (χ4v) is 6.58. The highest BCUT2D eigenvalue weighted by Gasteiger charge is 2.43. The summed E-state index contributed by atoms with van der Waals surface area (Å²) in [6.07, 6.45) is 13.0. The van der Waals surface area contributed by atoms with Crippen LogP contribution in [0.15, 0.2) is 59.9 Å². The first-order valence-electron chi connectivity index (χ1n) is 13.1. The molecule has 190 valence electrons. The molecule has 2 saturated carbocycles. The van der Waals surface area contributed by atoms with Gasteiger partial charge in [0.25, 0.3) is 5.56 Å². The van der Waals surface area contributed by atoms with Crippen LogP contribution in [0.25, 0.3) is 5.65 Å². The van der Waals surface area contributed by atoms with E-state index in [0.717, 1.165) is 37.8 Å². The summed E-state index contributed by atoms with van der Waals surface area (Å²) >= 11 is 0. The zero-order valence-corrected chi connectivity index (χ0v) is 20.3. The molecule has 36 heavy (non-hydrogen) atoms. The summed E-state index contributed by atoms with van der Waals surface area (Å²) in [5.41, 5.74) is 7.94. The topological polar surface area (TPSA) is 113 Å². The molecule has 0 aromatic carbocycles. The van der Waals surface area contributed by atoms with Crippen molar-refractivity contribution in [2.75, 3.05) is 0 Å². The second kappa shape index (κ2) is 9.46. The average Bonchev–Trinajstić information content (AvgIpc) is 3.51. The van der Waals surface area contributed by atoms with E-state index in [9.17, 15) is 14.7 Å². The van der Waals surface area contributed by atoms with Gasteiger partial charge in [-0.05, 0) is 68.6 Å². The van der Waals surface area contributed by atoms with Gasteiger partial charge >= 0.3 is 0 Å². The first kappa shape index (κ1) is 23.4. The zero-order chi connectivity index (χ0) is 24.7. The highest BCUT2D eigenvalue weighted by Crippen LogP contribution is 2.41. The molecule has 3 fully saturated rings. The van der Waals surface area contributed by atoms with E-state index in [1.165, 1.54) is 11.6 Å². The van der Waals surface area contributed by atoms with Crippen molar-refractivity contribution in [2.45, 2.75) is 75.2 Å². The van der Waals surface area contributed by atoms with Crippen LogP contribution in [0.1, 0.15) is 56.6 Å². The molecule has 3 aromatic rings. The molecule has 4 heterocycles. The van der Waals surface area contributed by atoms with Crippen LogP contribution in [0, 0.1) is 11.8 Å². The van der Waals surface area contributed by atoms with Crippen molar-refractivity contribution in [3.8, 4) is 0 Å². The molecule has 1 amide bonds. The molecule has 9 nitrogen and oxygen atoms in total. The van der Waals surface area contributed by atoms with E-state index in [0.29, 0.717) is 24.8 Å². The van der Waals surface area contributed by atoms with Crippen LogP contribution in [0.2, 0.25) is 0 Å². The molecular formula is C27H34N6O3. The third kappa shape index (κ3) is 4.58. The Labute approximate surface area is 209 Å².